The Labute approximate surface area is 102 Å². The van der Waals surface area contributed by atoms with Crippen molar-refractivity contribution >= 4 is 0 Å². The van der Waals surface area contributed by atoms with Crippen molar-refractivity contribution in [3.8, 4) is 11.5 Å². The van der Waals surface area contributed by atoms with Crippen LogP contribution in [0.1, 0.15) is 18.1 Å². The van der Waals surface area contributed by atoms with Crippen LogP contribution in [0.25, 0.3) is 0 Å². The first-order chi connectivity index (χ1) is 8.31. The van der Waals surface area contributed by atoms with Gasteiger partial charge in [0.1, 0.15) is 11.5 Å². The minimum absolute atomic E-state index is 0.541. The van der Waals surface area contributed by atoms with Crippen molar-refractivity contribution in [3.05, 3.63) is 59.7 Å². The summed E-state index contributed by atoms with van der Waals surface area (Å²) in [4.78, 5) is 0. The van der Waals surface area contributed by atoms with Gasteiger partial charge in [-0.3, -0.25) is 0 Å². The number of hydrogen-bond donors (Lipinski definition) is 1. The summed E-state index contributed by atoms with van der Waals surface area (Å²) in [6.45, 7) is 2.67. The standard InChI is InChI=1S/C15H17NO/c1-2-12-8-13(11-16)10-15(9-12)17-14-6-4-3-5-7-14/h3-10H,2,11,16H2,1H3. The van der Waals surface area contributed by atoms with Crippen LogP contribution in [0, 0.1) is 0 Å². The second-order valence-corrected chi connectivity index (χ2v) is 3.96. The van der Waals surface area contributed by atoms with Crippen LogP contribution in [-0.2, 0) is 13.0 Å². The largest absolute Gasteiger partial charge is 0.457 e. The predicted octanol–water partition coefficient (Wildman–Crippen LogP) is 3.50. The number of rotatable bonds is 4. The van der Waals surface area contributed by atoms with E-state index in [1.165, 1.54) is 5.56 Å². The molecule has 0 radical (unpaired) electrons. The highest BCUT2D eigenvalue weighted by Gasteiger charge is 2.01. The molecule has 2 aromatic carbocycles. The highest BCUT2D eigenvalue weighted by Crippen LogP contribution is 2.24. The van der Waals surface area contributed by atoms with Crippen molar-refractivity contribution in [1.82, 2.24) is 0 Å². The third kappa shape index (κ3) is 3.08. The van der Waals surface area contributed by atoms with Gasteiger partial charge in [-0.05, 0) is 41.8 Å². The molecule has 0 unspecified atom stereocenters. The summed E-state index contributed by atoms with van der Waals surface area (Å²) in [6, 6.07) is 16.0. The highest BCUT2D eigenvalue weighted by molar-refractivity contribution is 5.37. The number of nitrogens with two attached hydrogens (primary N) is 1. The molecule has 0 aromatic heterocycles. The smallest absolute Gasteiger partial charge is 0.128 e. The van der Waals surface area contributed by atoms with Crippen LogP contribution in [0.3, 0.4) is 0 Å². The summed E-state index contributed by atoms with van der Waals surface area (Å²) in [6.07, 6.45) is 0.985. The molecule has 2 heteroatoms. The van der Waals surface area contributed by atoms with Gasteiger partial charge in [-0.25, -0.2) is 0 Å². The zero-order valence-electron chi connectivity index (χ0n) is 10.0. The third-order valence-corrected chi connectivity index (χ3v) is 2.65. The predicted molar refractivity (Wildman–Crippen MR) is 70.2 cm³/mol. The van der Waals surface area contributed by atoms with E-state index in [0.29, 0.717) is 6.54 Å². The molecule has 0 saturated heterocycles. The molecular formula is C15H17NO. The molecule has 0 heterocycles. The lowest BCUT2D eigenvalue weighted by molar-refractivity contribution is 0.481. The molecule has 2 N–H and O–H groups in total. The third-order valence-electron chi connectivity index (χ3n) is 2.65. The van der Waals surface area contributed by atoms with Crippen molar-refractivity contribution < 1.29 is 4.74 Å². The molecule has 0 bridgehead atoms. The van der Waals surface area contributed by atoms with E-state index in [9.17, 15) is 0 Å². The van der Waals surface area contributed by atoms with E-state index in [1.807, 2.05) is 36.4 Å². The maximum absolute atomic E-state index is 5.81. The molecule has 0 fully saturated rings. The molecule has 0 amide bonds. The molecule has 0 saturated carbocycles. The van der Waals surface area contributed by atoms with Gasteiger partial charge in [-0.2, -0.15) is 0 Å². The van der Waals surface area contributed by atoms with Gasteiger partial charge in [0.15, 0.2) is 0 Å². The Hall–Kier alpha value is -1.80. The molecule has 0 aliphatic carbocycles. The second kappa shape index (κ2) is 5.51. The zero-order valence-corrected chi connectivity index (χ0v) is 10.0. The van der Waals surface area contributed by atoms with Gasteiger partial charge < -0.3 is 10.5 Å². The fraction of sp³-hybridized carbons (Fsp3) is 0.200. The number of para-hydroxylation sites is 1. The van der Waals surface area contributed by atoms with Crippen LogP contribution >= 0.6 is 0 Å². The fourth-order valence-corrected chi connectivity index (χ4v) is 1.73. The van der Waals surface area contributed by atoms with Crippen molar-refractivity contribution in [2.45, 2.75) is 19.9 Å². The molecule has 2 aromatic rings. The Morgan fingerprint density at radius 3 is 2.29 bits per heavy atom. The lowest BCUT2D eigenvalue weighted by atomic mass is 10.1. The molecule has 0 aliphatic heterocycles. The molecule has 0 atom stereocenters. The molecular weight excluding hydrogens is 210 g/mol. The van der Waals surface area contributed by atoms with Gasteiger partial charge in [0.25, 0.3) is 0 Å². The molecule has 0 spiro atoms. The molecule has 2 nitrogen and oxygen atoms in total. The summed E-state index contributed by atoms with van der Waals surface area (Å²) in [5, 5.41) is 0. The minimum Gasteiger partial charge on any atom is -0.457 e. The summed E-state index contributed by atoms with van der Waals surface area (Å²) in [5.41, 5.74) is 8.04. The van der Waals surface area contributed by atoms with Crippen molar-refractivity contribution in [2.24, 2.45) is 5.73 Å². The molecule has 0 aliphatic rings. The summed E-state index contributed by atoms with van der Waals surface area (Å²) < 4.78 is 5.81. The topological polar surface area (TPSA) is 35.2 Å². The van der Waals surface area contributed by atoms with Crippen LogP contribution in [0.15, 0.2) is 48.5 Å². The lowest BCUT2D eigenvalue weighted by Gasteiger charge is -2.09. The van der Waals surface area contributed by atoms with Crippen molar-refractivity contribution in [1.29, 1.82) is 0 Å². The summed E-state index contributed by atoms with van der Waals surface area (Å²) in [5.74, 6) is 1.71. The van der Waals surface area contributed by atoms with E-state index in [0.717, 1.165) is 23.5 Å². The van der Waals surface area contributed by atoms with E-state index in [4.69, 9.17) is 10.5 Å². The van der Waals surface area contributed by atoms with Gasteiger partial charge in [-0.1, -0.05) is 31.2 Å². The average Bonchev–Trinajstić information content (AvgIpc) is 2.39. The van der Waals surface area contributed by atoms with E-state index in [1.54, 1.807) is 0 Å². The number of hydrogen-bond acceptors (Lipinski definition) is 2. The minimum atomic E-state index is 0.541. The van der Waals surface area contributed by atoms with Crippen molar-refractivity contribution in [3.63, 3.8) is 0 Å². The first kappa shape index (κ1) is 11.7. The van der Waals surface area contributed by atoms with Crippen LogP contribution in [-0.4, -0.2) is 0 Å². The molecule has 17 heavy (non-hydrogen) atoms. The van der Waals surface area contributed by atoms with E-state index >= 15 is 0 Å². The molecule has 88 valence electrons. The van der Waals surface area contributed by atoms with Gasteiger partial charge in [0.2, 0.25) is 0 Å². The van der Waals surface area contributed by atoms with Gasteiger partial charge in [0.05, 0.1) is 0 Å². The zero-order chi connectivity index (χ0) is 12.1. The van der Waals surface area contributed by atoms with Gasteiger partial charge in [-0.15, -0.1) is 0 Å². The van der Waals surface area contributed by atoms with Gasteiger partial charge >= 0.3 is 0 Å². The number of ether oxygens (including phenoxy) is 1. The van der Waals surface area contributed by atoms with Crippen molar-refractivity contribution in [2.75, 3.05) is 0 Å². The van der Waals surface area contributed by atoms with Crippen LogP contribution in [0.4, 0.5) is 0 Å². The van der Waals surface area contributed by atoms with E-state index in [2.05, 4.69) is 19.1 Å². The van der Waals surface area contributed by atoms with Crippen LogP contribution in [0.2, 0.25) is 0 Å². The van der Waals surface area contributed by atoms with Crippen LogP contribution in [0.5, 0.6) is 11.5 Å². The highest BCUT2D eigenvalue weighted by atomic mass is 16.5. The summed E-state index contributed by atoms with van der Waals surface area (Å²) in [7, 11) is 0. The first-order valence-electron chi connectivity index (χ1n) is 5.87. The lowest BCUT2D eigenvalue weighted by Crippen LogP contribution is -1.98. The van der Waals surface area contributed by atoms with Gasteiger partial charge in [0, 0.05) is 6.54 Å². The quantitative estimate of drug-likeness (QED) is 0.867. The maximum atomic E-state index is 5.81. The Balaban J connectivity index is 2.26. The number of benzene rings is 2. The first-order valence-corrected chi connectivity index (χ1v) is 5.87. The fourth-order valence-electron chi connectivity index (χ4n) is 1.73. The molecule has 2 rings (SSSR count). The van der Waals surface area contributed by atoms with Crippen LogP contribution < -0.4 is 10.5 Å². The second-order valence-electron chi connectivity index (χ2n) is 3.96. The Morgan fingerprint density at radius 1 is 0.941 bits per heavy atom. The maximum Gasteiger partial charge on any atom is 0.128 e. The monoisotopic (exact) mass is 227 g/mol. The van der Waals surface area contributed by atoms with E-state index < -0.39 is 0 Å². The Kier molecular flexibility index (Phi) is 3.78. The normalized spacial score (nSPS) is 10.2. The number of aryl methyl sites for hydroxylation is 1. The average molecular weight is 227 g/mol. The van der Waals surface area contributed by atoms with E-state index in [-0.39, 0.29) is 0 Å². The Bertz CT molecular complexity index is 457. The summed E-state index contributed by atoms with van der Waals surface area (Å²) >= 11 is 0. The Morgan fingerprint density at radius 2 is 1.65 bits per heavy atom. The SMILES string of the molecule is CCc1cc(CN)cc(Oc2ccccc2)c1.